The molecule has 6 N–H and O–H groups in total. The van der Waals surface area contributed by atoms with E-state index in [2.05, 4.69) is 17.9 Å². The number of hydrogen-bond acceptors (Lipinski definition) is 5. The molecule has 0 aliphatic heterocycles. The van der Waals surface area contributed by atoms with Gasteiger partial charge in [-0.3, -0.25) is 14.4 Å². The Morgan fingerprint density at radius 1 is 1.16 bits per heavy atom. The average molecular weight is 291 g/mol. The van der Waals surface area contributed by atoms with Crippen molar-refractivity contribution < 1.29 is 24.3 Å². The van der Waals surface area contributed by atoms with Crippen molar-refractivity contribution in [2.24, 2.45) is 17.4 Å². The van der Waals surface area contributed by atoms with E-state index in [-0.39, 0.29) is 25.0 Å². The van der Waals surface area contributed by atoms with Crippen molar-refractivity contribution in [2.75, 3.05) is 5.75 Å². The maximum absolute atomic E-state index is 11.7. The monoisotopic (exact) mass is 291 g/mol. The molecule has 0 aromatic rings. The standard InChI is InChI=1S/C10H17N3O5S/c11-7(14)2-1-6(10(17)18)13-9(16)5(4-19)3-8(12)15/h5-6,19H,1-4H2,(H2,11,14)(H2,12,15)(H,13,16)(H,17,18)/t5?,6-/m0/s1. The van der Waals surface area contributed by atoms with Crippen LogP contribution in [0.15, 0.2) is 0 Å². The molecule has 0 fully saturated rings. The quantitative estimate of drug-likeness (QED) is 0.319. The van der Waals surface area contributed by atoms with Crippen LogP contribution in [0.3, 0.4) is 0 Å². The van der Waals surface area contributed by atoms with E-state index in [0.29, 0.717) is 0 Å². The Hall–Kier alpha value is -1.77. The number of rotatable bonds is 9. The van der Waals surface area contributed by atoms with Crippen LogP contribution in [0.5, 0.6) is 0 Å². The van der Waals surface area contributed by atoms with Gasteiger partial charge >= 0.3 is 5.97 Å². The molecule has 0 heterocycles. The van der Waals surface area contributed by atoms with Crippen molar-refractivity contribution in [2.45, 2.75) is 25.3 Å². The molecule has 0 radical (unpaired) electrons. The number of carbonyl (C=O) groups excluding carboxylic acids is 3. The largest absolute Gasteiger partial charge is 0.480 e. The number of carboxylic acids is 1. The zero-order valence-electron chi connectivity index (χ0n) is 10.2. The fraction of sp³-hybridized carbons (Fsp3) is 0.600. The smallest absolute Gasteiger partial charge is 0.326 e. The van der Waals surface area contributed by atoms with Crippen LogP contribution in [0, 0.1) is 5.92 Å². The highest BCUT2D eigenvalue weighted by Gasteiger charge is 2.25. The number of amides is 3. The van der Waals surface area contributed by atoms with Gasteiger partial charge < -0.3 is 21.9 Å². The molecule has 0 aliphatic carbocycles. The molecule has 9 heteroatoms. The van der Waals surface area contributed by atoms with E-state index >= 15 is 0 Å². The summed E-state index contributed by atoms with van der Waals surface area (Å²) in [6.07, 6.45) is -0.512. The van der Waals surface area contributed by atoms with E-state index in [1.807, 2.05) is 0 Å². The van der Waals surface area contributed by atoms with Gasteiger partial charge in [0.2, 0.25) is 17.7 Å². The predicted octanol–water partition coefficient (Wildman–Crippen LogP) is -1.76. The minimum absolute atomic E-state index is 0.0525. The molecule has 2 atom stereocenters. The second kappa shape index (κ2) is 8.35. The fourth-order valence-electron chi connectivity index (χ4n) is 1.32. The summed E-state index contributed by atoms with van der Waals surface area (Å²) < 4.78 is 0. The first-order chi connectivity index (χ1) is 8.77. The number of nitrogens with one attached hydrogen (secondary N) is 1. The molecule has 0 bridgehead atoms. The molecular weight excluding hydrogens is 274 g/mol. The van der Waals surface area contributed by atoms with E-state index in [9.17, 15) is 19.2 Å². The van der Waals surface area contributed by atoms with Crippen LogP contribution >= 0.6 is 12.6 Å². The average Bonchev–Trinajstić information content (AvgIpc) is 2.30. The third-order valence-corrected chi connectivity index (χ3v) is 2.77. The van der Waals surface area contributed by atoms with Crippen LogP contribution in [0.2, 0.25) is 0 Å². The molecule has 3 amide bonds. The number of nitrogens with two attached hydrogens (primary N) is 2. The lowest BCUT2D eigenvalue weighted by atomic mass is 10.0. The Balaban J connectivity index is 4.55. The number of aliphatic carboxylic acids is 1. The Labute approximate surface area is 115 Å². The Morgan fingerprint density at radius 2 is 1.74 bits per heavy atom. The van der Waals surface area contributed by atoms with E-state index in [4.69, 9.17) is 16.6 Å². The maximum atomic E-state index is 11.7. The van der Waals surface area contributed by atoms with Gasteiger partial charge in [-0.1, -0.05) is 0 Å². The molecule has 0 saturated heterocycles. The summed E-state index contributed by atoms with van der Waals surface area (Å²) in [5.41, 5.74) is 9.87. The number of primary amides is 2. The molecule has 1 unspecified atom stereocenters. The van der Waals surface area contributed by atoms with Crippen molar-refractivity contribution in [3.05, 3.63) is 0 Å². The molecule has 0 spiro atoms. The van der Waals surface area contributed by atoms with Gasteiger partial charge in [0, 0.05) is 18.6 Å². The van der Waals surface area contributed by atoms with Gasteiger partial charge in [0.05, 0.1) is 5.92 Å². The lowest BCUT2D eigenvalue weighted by molar-refractivity contribution is -0.142. The maximum Gasteiger partial charge on any atom is 0.326 e. The SMILES string of the molecule is NC(=O)CC[C@H](NC(=O)C(CS)CC(N)=O)C(=O)O. The van der Waals surface area contributed by atoms with Crippen molar-refractivity contribution >= 4 is 36.3 Å². The van der Waals surface area contributed by atoms with Gasteiger partial charge in [0.1, 0.15) is 6.04 Å². The molecule has 0 rings (SSSR count). The van der Waals surface area contributed by atoms with Crippen molar-refractivity contribution in [3.8, 4) is 0 Å². The number of thiol groups is 1. The first kappa shape index (κ1) is 17.2. The summed E-state index contributed by atoms with van der Waals surface area (Å²) in [4.78, 5) is 44.0. The zero-order valence-corrected chi connectivity index (χ0v) is 11.1. The van der Waals surface area contributed by atoms with Gasteiger partial charge in [-0.05, 0) is 6.42 Å². The van der Waals surface area contributed by atoms with Gasteiger partial charge in [-0.15, -0.1) is 0 Å². The van der Waals surface area contributed by atoms with Gasteiger partial charge in [-0.25, -0.2) is 4.79 Å². The Bertz CT molecular complexity index is 374. The molecular formula is C10H17N3O5S. The normalized spacial score (nSPS) is 13.3. The lowest BCUT2D eigenvalue weighted by Gasteiger charge is -2.18. The molecule has 0 aromatic carbocycles. The van der Waals surface area contributed by atoms with Gasteiger partial charge in [0.25, 0.3) is 0 Å². The summed E-state index contributed by atoms with van der Waals surface area (Å²) in [7, 11) is 0. The van der Waals surface area contributed by atoms with Crippen LogP contribution < -0.4 is 16.8 Å². The number of carbonyl (C=O) groups is 4. The van der Waals surface area contributed by atoms with Crippen LogP contribution in [0.4, 0.5) is 0 Å². The third-order valence-electron chi connectivity index (χ3n) is 2.33. The van der Waals surface area contributed by atoms with Crippen molar-refractivity contribution in [1.82, 2.24) is 5.32 Å². The lowest BCUT2D eigenvalue weighted by Crippen LogP contribution is -2.45. The zero-order chi connectivity index (χ0) is 15.0. The summed E-state index contributed by atoms with van der Waals surface area (Å²) in [5, 5.41) is 11.1. The Morgan fingerprint density at radius 3 is 2.11 bits per heavy atom. The van der Waals surface area contributed by atoms with E-state index in [0.717, 1.165) is 0 Å². The fourth-order valence-corrected chi connectivity index (χ4v) is 1.61. The predicted molar refractivity (Wildman–Crippen MR) is 69.1 cm³/mol. The van der Waals surface area contributed by atoms with Crippen molar-refractivity contribution in [3.63, 3.8) is 0 Å². The number of carboxylic acid groups (broad SMARTS) is 1. The molecule has 0 saturated carbocycles. The highest BCUT2D eigenvalue weighted by Crippen LogP contribution is 2.07. The summed E-state index contributed by atoms with van der Waals surface area (Å²) in [6.45, 7) is 0. The van der Waals surface area contributed by atoms with E-state index in [1.54, 1.807) is 0 Å². The Kier molecular flexibility index (Phi) is 7.57. The van der Waals surface area contributed by atoms with Crippen molar-refractivity contribution in [1.29, 1.82) is 0 Å². The van der Waals surface area contributed by atoms with Gasteiger partial charge in [-0.2, -0.15) is 12.6 Å². The van der Waals surface area contributed by atoms with Crippen LogP contribution in [0.1, 0.15) is 19.3 Å². The van der Waals surface area contributed by atoms with E-state index < -0.39 is 35.7 Å². The third kappa shape index (κ3) is 7.29. The minimum atomic E-state index is -1.29. The molecule has 0 aromatic heterocycles. The highest BCUT2D eigenvalue weighted by molar-refractivity contribution is 7.80. The first-order valence-corrected chi connectivity index (χ1v) is 6.11. The molecule has 108 valence electrons. The second-order valence-corrected chi connectivity index (χ2v) is 4.32. The minimum Gasteiger partial charge on any atom is -0.480 e. The molecule has 0 aliphatic rings. The van der Waals surface area contributed by atoms with Crippen LogP contribution in [0.25, 0.3) is 0 Å². The van der Waals surface area contributed by atoms with Crippen LogP contribution in [-0.4, -0.2) is 40.6 Å². The highest BCUT2D eigenvalue weighted by atomic mass is 32.1. The van der Waals surface area contributed by atoms with Crippen LogP contribution in [-0.2, 0) is 19.2 Å². The molecule has 8 nitrogen and oxygen atoms in total. The summed E-state index contributed by atoms with van der Waals surface area (Å²) in [6, 6.07) is -1.24. The van der Waals surface area contributed by atoms with E-state index in [1.165, 1.54) is 0 Å². The number of hydrogen-bond donors (Lipinski definition) is 5. The molecule has 19 heavy (non-hydrogen) atoms. The first-order valence-electron chi connectivity index (χ1n) is 5.48. The van der Waals surface area contributed by atoms with Gasteiger partial charge in [0.15, 0.2) is 0 Å². The second-order valence-electron chi connectivity index (χ2n) is 3.95. The summed E-state index contributed by atoms with van der Waals surface area (Å²) >= 11 is 3.90. The summed E-state index contributed by atoms with van der Waals surface area (Å²) in [5.74, 6) is -4.04. The topological polar surface area (TPSA) is 153 Å².